The van der Waals surface area contributed by atoms with Gasteiger partial charge in [-0.3, -0.25) is 14.4 Å². The van der Waals surface area contributed by atoms with Crippen LogP contribution in [0.15, 0.2) is 72.8 Å². The normalized spacial score (nSPS) is 12.7. The number of ketones is 1. The summed E-state index contributed by atoms with van der Waals surface area (Å²) in [7, 11) is 0. The zero-order valence-electron chi connectivity index (χ0n) is 15.4. The van der Waals surface area contributed by atoms with E-state index in [1.54, 1.807) is 54.6 Å². The maximum Gasteiger partial charge on any atom is 0.343 e. The fraction of sp³-hybridized carbons (Fsp3) is 0.0435. The van der Waals surface area contributed by atoms with Gasteiger partial charge in [0.15, 0.2) is 5.78 Å². The first-order chi connectivity index (χ1) is 14.0. The molecule has 0 radical (unpaired) electrons. The van der Waals surface area contributed by atoms with Gasteiger partial charge in [-0.15, -0.1) is 0 Å². The number of para-hydroxylation sites is 1. The average molecular weight is 385 g/mol. The first-order valence-corrected chi connectivity index (χ1v) is 8.87. The topological polar surface area (TPSA) is 80.8 Å². The summed E-state index contributed by atoms with van der Waals surface area (Å²) in [6, 6.07) is 19.1. The zero-order valence-corrected chi connectivity index (χ0v) is 15.4. The lowest BCUT2D eigenvalue weighted by Crippen LogP contribution is -2.29. The Hall–Kier alpha value is -4.06. The molecule has 1 aliphatic rings. The van der Waals surface area contributed by atoms with Crippen molar-refractivity contribution in [3.63, 3.8) is 0 Å². The molecule has 0 saturated heterocycles. The summed E-state index contributed by atoms with van der Waals surface area (Å²) in [5.41, 5.74) is 1.35. The Morgan fingerprint density at radius 2 is 1.41 bits per heavy atom. The molecule has 0 saturated carbocycles. The van der Waals surface area contributed by atoms with Crippen molar-refractivity contribution in [2.24, 2.45) is 0 Å². The smallest absolute Gasteiger partial charge is 0.343 e. The Morgan fingerprint density at radius 3 is 2.07 bits per heavy atom. The number of hydrogen-bond acceptors (Lipinski definition) is 5. The number of fused-ring (bicyclic) bond motifs is 1. The quantitative estimate of drug-likeness (QED) is 0.294. The van der Waals surface area contributed by atoms with Gasteiger partial charge >= 0.3 is 5.97 Å². The van der Waals surface area contributed by atoms with Gasteiger partial charge in [-0.05, 0) is 49.4 Å². The Kier molecular flexibility index (Phi) is 4.52. The molecular weight excluding hydrogens is 370 g/mol. The fourth-order valence-corrected chi connectivity index (χ4v) is 3.20. The third-order valence-corrected chi connectivity index (χ3v) is 4.60. The molecule has 3 aromatic rings. The molecule has 0 spiro atoms. The van der Waals surface area contributed by atoms with E-state index in [1.807, 2.05) is 0 Å². The van der Waals surface area contributed by atoms with E-state index in [1.165, 1.54) is 25.1 Å². The molecule has 1 heterocycles. The van der Waals surface area contributed by atoms with E-state index in [0.717, 1.165) is 4.90 Å². The maximum absolute atomic E-state index is 12.7. The molecule has 142 valence electrons. The van der Waals surface area contributed by atoms with Crippen LogP contribution in [0.3, 0.4) is 0 Å². The minimum absolute atomic E-state index is 0.149. The molecule has 6 heteroatoms. The van der Waals surface area contributed by atoms with Crippen LogP contribution in [-0.2, 0) is 0 Å². The van der Waals surface area contributed by atoms with Gasteiger partial charge in [-0.1, -0.05) is 30.3 Å². The van der Waals surface area contributed by atoms with Gasteiger partial charge in [0.2, 0.25) is 0 Å². The summed E-state index contributed by atoms with van der Waals surface area (Å²) in [6.07, 6.45) is 0. The number of rotatable bonds is 4. The molecule has 0 aromatic heterocycles. The predicted molar refractivity (Wildman–Crippen MR) is 105 cm³/mol. The molecule has 6 nitrogen and oxygen atoms in total. The highest BCUT2D eigenvalue weighted by Crippen LogP contribution is 2.29. The molecule has 2 amide bonds. The summed E-state index contributed by atoms with van der Waals surface area (Å²) in [5, 5.41) is 0. The van der Waals surface area contributed by atoms with Gasteiger partial charge in [0.05, 0.1) is 27.9 Å². The molecular formula is C23H15NO5. The van der Waals surface area contributed by atoms with Gasteiger partial charge in [0.1, 0.15) is 5.75 Å². The maximum atomic E-state index is 12.7. The zero-order chi connectivity index (χ0) is 20.5. The largest absolute Gasteiger partial charge is 0.422 e. The summed E-state index contributed by atoms with van der Waals surface area (Å²) < 4.78 is 5.38. The van der Waals surface area contributed by atoms with Crippen LogP contribution in [0, 0.1) is 0 Å². The highest BCUT2D eigenvalue weighted by molar-refractivity contribution is 6.34. The van der Waals surface area contributed by atoms with Crippen LogP contribution in [0.5, 0.6) is 5.75 Å². The molecule has 29 heavy (non-hydrogen) atoms. The van der Waals surface area contributed by atoms with Crippen LogP contribution < -0.4 is 9.64 Å². The van der Waals surface area contributed by atoms with Crippen LogP contribution in [0.1, 0.15) is 48.4 Å². The molecule has 0 unspecified atom stereocenters. The number of hydrogen-bond donors (Lipinski definition) is 0. The highest BCUT2D eigenvalue weighted by Gasteiger charge is 2.36. The van der Waals surface area contributed by atoms with Crippen LogP contribution in [0.25, 0.3) is 0 Å². The van der Waals surface area contributed by atoms with Crippen molar-refractivity contribution in [2.75, 3.05) is 4.90 Å². The monoisotopic (exact) mass is 385 g/mol. The molecule has 3 aromatic carbocycles. The second-order valence-electron chi connectivity index (χ2n) is 6.48. The van der Waals surface area contributed by atoms with Crippen LogP contribution in [-0.4, -0.2) is 23.6 Å². The molecule has 4 rings (SSSR count). The predicted octanol–water partition coefficient (Wildman–Crippen LogP) is 3.91. The van der Waals surface area contributed by atoms with Gasteiger partial charge in [0, 0.05) is 0 Å². The number of amides is 2. The minimum atomic E-state index is -0.697. The highest BCUT2D eigenvalue weighted by atomic mass is 16.5. The lowest BCUT2D eigenvalue weighted by Gasteiger charge is -2.15. The molecule has 0 N–H and O–H groups in total. The SMILES string of the molecule is CC(=O)c1ccccc1OC(=O)c1cccc(N2C(=O)c3ccccc3C2=O)c1. The molecule has 1 aliphatic heterocycles. The van der Waals surface area contributed by atoms with E-state index in [4.69, 9.17) is 4.74 Å². The minimum Gasteiger partial charge on any atom is -0.422 e. The number of benzene rings is 3. The fourth-order valence-electron chi connectivity index (χ4n) is 3.20. The van der Waals surface area contributed by atoms with Gasteiger partial charge in [-0.25, -0.2) is 9.69 Å². The summed E-state index contributed by atoms with van der Waals surface area (Å²) in [5.74, 6) is -1.67. The van der Waals surface area contributed by atoms with Gasteiger partial charge in [-0.2, -0.15) is 0 Å². The van der Waals surface area contributed by atoms with Crippen molar-refractivity contribution >= 4 is 29.3 Å². The standard InChI is InChI=1S/C23H15NO5/c1-14(25)17-9-4-5-12-20(17)29-23(28)15-7-6-8-16(13-15)24-21(26)18-10-2-3-11-19(18)22(24)27/h2-13H,1H3. The molecule has 0 fully saturated rings. The van der Waals surface area contributed by atoms with Crippen LogP contribution in [0.4, 0.5) is 5.69 Å². The van der Waals surface area contributed by atoms with Crippen molar-refractivity contribution < 1.29 is 23.9 Å². The number of esters is 1. The van der Waals surface area contributed by atoms with Crippen molar-refractivity contribution in [3.05, 3.63) is 95.1 Å². The first-order valence-electron chi connectivity index (χ1n) is 8.87. The molecule has 0 bridgehead atoms. The number of carbonyl (C=O) groups is 4. The number of anilines is 1. The van der Waals surface area contributed by atoms with Gasteiger partial charge in [0.25, 0.3) is 11.8 Å². The lowest BCUT2D eigenvalue weighted by atomic mass is 10.1. The van der Waals surface area contributed by atoms with E-state index in [-0.39, 0.29) is 28.3 Å². The third kappa shape index (κ3) is 3.21. The summed E-state index contributed by atoms with van der Waals surface area (Å²) in [4.78, 5) is 50.7. The van der Waals surface area contributed by atoms with E-state index in [9.17, 15) is 19.2 Å². The van der Waals surface area contributed by atoms with E-state index in [2.05, 4.69) is 0 Å². The van der Waals surface area contributed by atoms with E-state index >= 15 is 0 Å². The average Bonchev–Trinajstić information content (AvgIpc) is 2.99. The van der Waals surface area contributed by atoms with Crippen LogP contribution in [0.2, 0.25) is 0 Å². The Labute approximate surface area is 166 Å². The number of carbonyl (C=O) groups excluding carboxylic acids is 4. The van der Waals surface area contributed by atoms with Crippen molar-refractivity contribution in [1.29, 1.82) is 0 Å². The van der Waals surface area contributed by atoms with Gasteiger partial charge < -0.3 is 4.74 Å². The van der Waals surface area contributed by atoms with Crippen molar-refractivity contribution in [3.8, 4) is 5.75 Å². The number of nitrogens with zero attached hydrogens (tertiary/aromatic N) is 1. The summed E-state index contributed by atoms with van der Waals surface area (Å²) >= 11 is 0. The first kappa shape index (κ1) is 18.3. The lowest BCUT2D eigenvalue weighted by molar-refractivity contribution is 0.0731. The molecule has 0 atom stereocenters. The Morgan fingerprint density at radius 1 is 0.793 bits per heavy atom. The van der Waals surface area contributed by atoms with E-state index < -0.39 is 17.8 Å². The second kappa shape index (κ2) is 7.16. The van der Waals surface area contributed by atoms with Crippen molar-refractivity contribution in [2.45, 2.75) is 6.92 Å². The number of Topliss-reactive ketones (excluding diaryl/α,β-unsaturated/α-hetero) is 1. The third-order valence-electron chi connectivity index (χ3n) is 4.60. The Balaban J connectivity index is 1.64. The van der Waals surface area contributed by atoms with E-state index in [0.29, 0.717) is 11.1 Å². The summed E-state index contributed by atoms with van der Waals surface area (Å²) in [6.45, 7) is 1.38. The Bertz CT molecular complexity index is 1150. The number of ether oxygens (including phenoxy) is 1. The number of imide groups is 1. The molecule has 0 aliphatic carbocycles. The van der Waals surface area contributed by atoms with Crippen molar-refractivity contribution in [1.82, 2.24) is 0 Å². The second-order valence-corrected chi connectivity index (χ2v) is 6.48. The van der Waals surface area contributed by atoms with Crippen LogP contribution >= 0.6 is 0 Å².